The summed E-state index contributed by atoms with van der Waals surface area (Å²) in [4.78, 5) is 0. The van der Waals surface area contributed by atoms with Crippen molar-refractivity contribution in [3.8, 4) is 0 Å². The van der Waals surface area contributed by atoms with Gasteiger partial charge in [0.2, 0.25) is 0 Å². The standard InChI is InChI=1S/C14H29.BrH.Sb/c1-3-5-7-9-11-13-14-12-10-8-6-4-2;;/h1,3-14H2,2H3;1H;. The second kappa shape index (κ2) is 18.7. The van der Waals surface area contributed by atoms with Crippen LogP contribution in [0.4, 0.5) is 0 Å². The van der Waals surface area contributed by atoms with Crippen LogP contribution >= 0.6 is 17.0 Å². The van der Waals surface area contributed by atoms with Crippen molar-refractivity contribution in [1.82, 2.24) is 0 Å². The van der Waals surface area contributed by atoms with Gasteiger partial charge in [0.25, 0.3) is 0 Å². The van der Waals surface area contributed by atoms with Gasteiger partial charge in [0.15, 0.2) is 0 Å². The van der Waals surface area contributed by atoms with Crippen molar-refractivity contribution in [2.24, 2.45) is 0 Å². The number of halogens is 1. The third-order valence-corrected chi connectivity index (χ3v) is 3.91. The minimum absolute atomic E-state index is 0. The molecule has 0 fully saturated rings. The maximum atomic E-state index is 2.29. The van der Waals surface area contributed by atoms with Crippen LogP contribution in [0, 0.1) is 0 Å². The predicted molar refractivity (Wildman–Crippen MR) is 82.0 cm³/mol. The van der Waals surface area contributed by atoms with Gasteiger partial charge in [0.1, 0.15) is 0 Å². The van der Waals surface area contributed by atoms with Crippen LogP contribution in [0.25, 0.3) is 0 Å². The Hall–Kier alpha value is 1.30. The number of rotatable bonds is 12. The molecule has 0 nitrogen and oxygen atoms in total. The first-order valence-corrected chi connectivity index (χ1v) is 8.83. The maximum absolute atomic E-state index is 2.29. The summed E-state index contributed by atoms with van der Waals surface area (Å²) in [7, 11) is 0. The minimum atomic E-state index is 0. The van der Waals surface area contributed by atoms with Crippen molar-refractivity contribution < 1.29 is 0 Å². The molecule has 0 aromatic carbocycles. The van der Waals surface area contributed by atoms with E-state index in [2.05, 4.69) is 6.92 Å². The van der Waals surface area contributed by atoms with Crippen LogP contribution in [0.5, 0.6) is 0 Å². The summed E-state index contributed by atoms with van der Waals surface area (Å²) in [5.74, 6) is 0. The van der Waals surface area contributed by atoms with Crippen molar-refractivity contribution in [3.63, 3.8) is 0 Å². The molecule has 0 unspecified atom stereocenters. The molecule has 0 aromatic rings. The van der Waals surface area contributed by atoms with Crippen molar-refractivity contribution in [2.75, 3.05) is 0 Å². The van der Waals surface area contributed by atoms with E-state index in [-0.39, 0.29) is 17.0 Å². The molecule has 0 aromatic heterocycles. The van der Waals surface area contributed by atoms with Crippen LogP contribution in [0.2, 0.25) is 4.37 Å². The van der Waals surface area contributed by atoms with E-state index in [0.717, 1.165) is 0 Å². The van der Waals surface area contributed by atoms with Crippen LogP contribution in [0.15, 0.2) is 0 Å². The SMILES string of the molecule is Br.CCCCCCCCCCCCC[CH2][Sb]. The zero-order valence-electron chi connectivity index (χ0n) is 11.0. The Balaban J connectivity index is 0. The van der Waals surface area contributed by atoms with E-state index in [1.807, 2.05) is 23.0 Å². The van der Waals surface area contributed by atoms with Crippen LogP contribution in [-0.4, -0.2) is 23.0 Å². The first-order valence-electron chi connectivity index (χ1n) is 7.02. The summed E-state index contributed by atoms with van der Waals surface area (Å²) in [5.41, 5.74) is 0. The molecule has 0 spiro atoms. The number of hydrogen-bond donors (Lipinski definition) is 0. The van der Waals surface area contributed by atoms with Crippen LogP contribution in [0.3, 0.4) is 0 Å². The van der Waals surface area contributed by atoms with Crippen LogP contribution in [0.1, 0.15) is 84.0 Å². The molecule has 16 heavy (non-hydrogen) atoms. The van der Waals surface area contributed by atoms with Gasteiger partial charge in [-0.3, -0.25) is 0 Å². The Kier molecular flexibility index (Phi) is 22.9. The Bertz CT molecular complexity index is 94.9. The molecular weight excluding hydrogens is 370 g/mol. The average Bonchev–Trinajstić information content (AvgIpc) is 2.26. The molecule has 0 aliphatic heterocycles. The predicted octanol–water partition coefficient (Wildman–Crippen LogP) is 5.85. The molecular formula is C14H30BrSb. The first-order chi connectivity index (χ1) is 7.41. The van der Waals surface area contributed by atoms with Crippen LogP contribution < -0.4 is 0 Å². The molecule has 0 N–H and O–H groups in total. The van der Waals surface area contributed by atoms with E-state index < -0.39 is 0 Å². The fraction of sp³-hybridized carbons (Fsp3) is 1.00. The molecule has 2 heteroatoms. The van der Waals surface area contributed by atoms with E-state index in [4.69, 9.17) is 0 Å². The van der Waals surface area contributed by atoms with Gasteiger partial charge in [-0.25, -0.2) is 0 Å². The van der Waals surface area contributed by atoms with Gasteiger partial charge in [-0.05, 0) is 0 Å². The summed E-state index contributed by atoms with van der Waals surface area (Å²) in [6, 6.07) is 0. The normalized spacial score (nSPS) is 10.1. The molecule has 2 radical (unpaired) electrons. The Morgan fingerprint density at radius 2 is 0.875 bits per heavy atom. The molecule has 0 rings (SSSR count). The summed E-state index contributed by atoms with van der Waals surface area (Å²) >= 11 is 1.97. The Morgan fingerprint density at radius 1 is 0.562 bits per heavy atom. The van der Waals surface area contributed by atoms with Gasteiger partial charge < -0.3 is 0 Å². The van der Waals surface area contributed by atoms with Gasteiger partial charge in [0, 0.05) is 0 Å². The fourth-order valence-corrected chi connectivity index (χ4v) is 2.59. The van der Waals surface area contributed by atoms with E-state index in [0.29, 0.717) is 0 Å². The number of hydrogen-bond acceptors (Lipinski definition) is 0. The third kappa shape index (κ3) is 17.7. The van der Waals surface area contributed by atoms with Crippen molar-refractivity contribution >= 4 is 40.0 Å². The third-order valence-electron chi connectivity index (χ3n) is 3.01. The summed E-state index contributed by atoms with van der Waals surface area (Å²) < 4.78 is 1.42. The van der Waals surface area contributed by atoms with E-state index in [1.165, 1.54) is 81.4 Å². The molecule has 0 aliphatic carbocycles. The Morgan fingerprint density at radius 3 is 1.19 bits per heavy atom. The van der Waals surface area contributed by atoms with E-state index in [1.54, 1.807) is 0 Å². The first kappa shape index (κ1) is 19.6. The number of unbranched alkanes of at least 4 members (excludes halogenated alkanes) is 11. The zero-order chi connectivity index (χ0) is 11.2. The summed E-state index contributed by atoms with van der Waals surface area (Å²) in [6.45, 7) is 2.29. The van der Waals surface area contributed by atoms with Crippen molar-refractivity contribution in [1.29, 1.82) is 0 Å². The van der Waals surface area contributed by atoms with E-state index >= 15 is 0 Å². The molecule has 0 saturated carbocycles. The topological polar surface area (TPSA) is 0 Å². The fourth-order valence-electron chi connectivity index (χ4n) is 1.95. The van der Waals surface area contributed by atoms with Crippen molar-refractivity contribution in [3.05, 3.63) is 0 Å². The molecule has 0 bridgehead atoms. The molecule has 0 aliphatic rings. The monoisotopic (exact) mass is 398 g/mol. The van der Waals surface area contributed by atoms with Gasteiger partial charge in [-0.15, -0.1) is 17.0 Å². The second-order valence-corrected chi connectivity index (χ2v) is 5.89. The van der Waals surface area contributed by atoms with Gasteiger partial charge in [-0.2, -0.15) is 0 Å². The zero-order valence-corrected chi connectivity index (χ0v) is 15.3. The van der Waals surface area contributed by atoms with Gasteiger partial charge in [0.05, 0.1) is 0 Å². The molecule has 0 heterocycles. The Labute approximate surface area is 128 Å². The molecule has 0 atom stereocenters. The molecule has 98 valence electrons. The summed E-state index contributed by atoms with van der Waals surface area (Å²) in [5, 5.41) is 0. The van der Waals surface area contributed by atoms with Crippen molar-refractivity contribution in [2.45, 2.75) is 88.3 Å². The average molecular weight is 400 g/mol. The van der Waals surface area contributed by atoms with Gasteiger partial charge in [-0.1, -0.05) is 13.3 Å². The molecule has 0 amide bonds. The second-order valence-electron chi connectivity index (χ2n) is 4.61. The quantitative estimate of drug-likeness (QED) is 0.285. The molecule has 0 saturated heterocycles. The van der Waals surface area contributed by atoms with E-state index in [9.17, 15) is 0 Å². The van der Waals surface area contributed by atoms with Crippen LogP contribution in [-0.2, 0) is 0 Å². The summed E-state index contributed by atoms with van der Waals surface area (Å²) in [6.07, 6.45) is 17.6. The van der Waals surface area contributed by atoms with Gasteiger partial charge >= 0.3 is 98.0 Å².